The first kappa shape index (κ1) is 14.6. The van der Waals surface area contributed by atoms with Crippen LogP contribution in [0.15, 0.2) is 29.3 Å². The second-order valence-electron chi connectivity index (χ2n) is 4.70. The van der Waals surface area contributed by atoms with Crippen LogP contribution in [-0.4, -0.2) is 26.1 Å². The van der Waals surface area contributed by atoms with E-state index in [1.807, 2.05) is 7.05 Å². The van der Waals surface area contributed by atoms with Crippen molar-refractivity contribution >= 4 is 5.96 Å². The Morgan fingerprint density at radius 1 is 1.33 bits per heavy atom. The molecule has 2 N–H and O–H groups in total. The molecule has 0 heterocycles. The molecule has 100 valence electrons. The van der Waals surface area contributed by atoms with E-state index < -0.39 is 0 Å². The lowest BCUT2D eigenvalue weighted by Gasteiger charge is -2.16. The van der Waals surface area contributed by atoms with E-state index >= 15 is 0 Å². The molecule has 0 aliphatic carbocycles. The number of benzene rings is 1. The SMILES string of the molecule is CCCNC(=NC)NCC(C)c1cccc(C)c1. The van der Waals surface area contributed by atoms with Crippen molar-refractivity contribution in [2.24, 2.45) is 4.99 Å². The van der Waals surface area contributed by atoms with Crippen molar-refractivity contribution in [1.82, 2.24) is 10.6 Å². The molecule has 0 saturated carbocycles. The molecule has 1 atom stereocenters. The summed E-state index contributed by atoms with van der Waals surface area (Å²) in [5.41, 5.74) is 2.68. The van der Waals surface area contributed by atoms with E-state index in [1.165, 1.54) is 11.1 Å². The maximum atomic E-state index is 4.20. The van der Waals surface area contributed by atoms with Gasteiger partial charge in [0.1, 0.15) is 0 Å². The molecule has 0 amide bonds. The highest BCUT2D eigenvalue weighted by Gasteiger charge is 2.06. The molecule has 1 rings (SSSR count). The van der Waals surface area contributed by atoms with Crippen molar-refractivity contribution in [3.8, 4) is 0 Å². The van der Waals surface area contributed by atoms with Gasteiger partial charge in [0.05, 0.1) is 0 Å². The summed E-state index contributed by atoms with van der Waals surface area (Å²) in [6.07, 6.45) is 1.11. The molecule has 0 bridgehead atoms. The Kier molecular flexibility index (Phi) is 6.26. The second-order valence-corrected chi connectivity index (χ2v) is 4.70. The normalized spacial score (nSPS) is 13.2. The predicted octanol–water partition coefficient (Wildman–Crippen LogP) is 2.67. The van der Waals surface area contributed by atoms with E-state index in [1.54, 1.807) is 0 Å². The lowest BCUT2D eigenvalue weighted by molar-refractivity contribution is 0.695. The third-order valence-corrected chi connectivity index (χ3v) is 2.95. The summed E-state index contributed by atoms with van der Waals surface area (Å²) in [6, 6.07) is 8.67. The molecule has 3 heteroatoms. The number of hydrogen-bond acceptors (Lipinski definition) is 1. The number of nitrogens with zero attached hydrogens (tertiary/aromatic N) is 1. The number of hydrogen-bond donors (Lipinski definition) is 2. The van der Waals surface area contributed by atoms with Gasteiger partial charge in [-0.25, -0.2) is 0 Å². The molecule has 0 fully saturated rings. The molecule has 1 aromatic rings. The van der Waals surface area contributed by atoms with E-state index in [2.05, 4.69) is 60.7 Å². The molecule has 1 unspecified atom stereocenters. The van der Waals surface area contributed by atoms with Crippen LogP contribution in [0.4, 0.5) is 0 Å². The zero-order valence-electron chi connectivity index (χ0n) is 12.0. The molecule has 1 aromatic carbocycles. The van der Waals surface area contributed by atoms with Crippen molar-refractivity contribution < 1.29 is 0 Å². The quantitative estimate of drug-likeness (QED) is 0.620. The van der Waals surface area contributed by atoms with Gasteiger partial charge in [0.2, 0.25) is 0 Å². The van der Waals surface area contributed by atoms with Crippen LogP contribution in [-0.2, 0) is 0 Å². The van der Waals surface area contributed by atoms with Gasteiger partial charge in [-0.3, -0.25) is 4.99 Å². The van der Waals surface area contributed by atoms with Crippen LogP contribution in [0.1, 0.15) is 37.3 Å². The fourth-order valence-corrected chi connectivity index (χ4v) is 1.81. The van der Waals surface area contributed by atoms with Gasteiger partial charge in [-0.15, -0.1) is 0 Å². The average molecular weight is 247 g/mol. The number of aryl methyl sites for hydroxylation is 1. The van der Waals surface area contributed by atoms with Crippen LogP contribution in [0, 0.1) is 6.92 Å². The Hall–Kier alpha value is -1.51. The molecule has 0 aliphatic heterocycles. The summed E-state index contributed by atoms with van der Waals surface area (Å²) in [5.74, 6) is 1.36. The fraction of sp³-hybridized carbons (Fsp3) is 0.533. The minimum Gasteiger partial charge on any atom is -0.356 e. The van der Waals surface area contributed by atoms with Gasteiger partial charge in [0, 0.05) is 20.1 Å². The zero-order valence-corrected chi connectivity index (χ0v) is 12.0. The van der Waals surface area contributed by atoms with Crippen molar-refractivity contribution in [3.63, 3.8) is 0 Å². The highest BCUT2D eigenvalue weighted by Crippen LogP contribution is 2.15. The van der Waals surface area contributed by atoms with Gasteiger partial charge in [0.25, 0.3) is 0 Å². The Bertz CT molecular complexity index is 385. The monoisotopic (exact) mass is 247 g/mol. The van der Waals surface area contributed by atoms with Gasteiger partial charge < -0.3 is 10.6 Å². The Labute approximate surface area is 111 Å². The first-order valence-corrected chi connectivity index (χ1v) is 6.68. The summed E-state index contributed by atoms with van der Waals surface area (Å²) in [4.78, 5) is 4.20. The summed E-state index contributed by atoms with van der Waals surface area (Å²) < 4.78 is 0. The molecule has 0 spiro atoms. The van der Waals surface area contributed by atoms with Gasteiger partial charge >= 0.3 is 0 Å². The standard InChI is InChI=1S/C15H25N3/c1-5-9-17-15(16-4)18-11-13(3)14-8-6-7-12(2)10-14/h6-8,10,13H,5,9,11H2,1-4H3,(H2,16,17,18). The first-order chi connectivity index (χ1) is 8.67. The molecule has 0 aromatic heterocycles. The van der Waals surface area contributed by atoms with Crippen molar-refractivity contribution in [2.45, 2.75) is 33.1 Å². The van der Waals surface area contributed by atoms with Crippen LogP contribution in [0.2, 0.25) is 0 Å². The lowest BCUT2D eigenvalue weighted by atomic mass is 9.99. The number of aliphatic imine (C=N–C) groups is 1. The molecular formula is C15H25N3. The van der Waals surface area contributed by atoms with Gasteiger partial charge in [-0.1, -0.05) is 43.7 Å². The summed E-state index contributed by atoms with van der Waals surface area (Å²) in [6.45, 7) is 8.36. The van der Waals surface area contributed by atoms with Gasteiger partial charge in [-0.2, -0.15) is 0 Å². The molecule has 0 saturated heterocycles. The van der Waals surface area contributed by atoms with Crippen LogP contribution >= 0.6 is 0 Å². The van der Waals surface area contributed by atoms with E-state index in [-0.39, 0.29) is 0 Å². The third-order valence-electron chi connectivity index (χ3n) is 2.95. The second kappa shape index (κ2) is 7.75. The van der Waals surface area contributed by atoms with Crippen LogP contribution in [0.25, 0.3) is 0 Å². The average Bonchev–Trinajstić information content (AvgIpc) is 2.38. The smallest absolute Gasteiger partial charge is 0.190 e. The topological polar surface area (TPSA) is 36.4 Å². The molecule has 3 nitrogen and oxygen atoms in total. The van der Waals surface area contributed by atoms with Crippen LogP contribution in [0.3, 0.4) is 0 Å². The molecule has 0 radical (unpaired) electrons. The first-order valence-electron chi connectivity index (χ1n) is 6.68. The lowest BCUT2D eigenvalue weighted by Crippen LogP contribution is -2.39. The summed E-state index contributed by atoms with van der Waals surface area (Å²) in [7, 11) is 1.81. The van der Waals surface area contributed by atoms with Crippen LogP contribution in [0.5, 0.6) is 0 Å². The number of guanidine groups is 1. The Morgan fingerprint density at radius 3 is 2.72 bits per heavy atom. The Balaban J connectivity index is 2.47. The summed E-state index contributed by atoms with van der Waals surface area (Å²) in [5, 5.41) is 6.64. The minimum atomic E-state index is 0.477. The van der Waals surface area contributed by atoms with Gasteiger partial charge in [0.15, 0.2) is 5.96 Å². The van der Waals surface area contributed by atoms with Crippen molar-refractivity contribution in [2.75, 3.05) is 20.1 Å². The number of rotatable bonds is 5. The predicted molar refractivity (Wildman–Crippen MR) is 79.2 cm³/mol. The van der Waals surface area contributed by atoms with E-state index in [9.17, 15) is 0 Å². The van der Waals surface area contributed by atoms with Gasteiger partial charge in [-0.05, 0) is 24.8 Å². The maximum Gasteiger partial charge on any atom is 0.190 e. The highest BCUT2D eigenvalue weighted by atomic mass is 15.2. The molecule has 0 aliphatic rings. The number of nitrogens with one attached hydrogen (secondary N) is 2. The summed E-state index contributed by atoms with van der Waals surface area (Å²) >= 11 is 0. The minimum absolute atomic E-state index is 0.477. The van der Waals surface area contributed by atoms with Crippen LogP contribution < -0.4 is 10.6 Å². The molecule has 18 heavy (non-hydrogen) atoms. The fourth-order valence-electron chi connectivity index (χ4n) is 1.81. The van der Waals surface area contributed by atoms with E-state index in [0.717, 1.165) is 25.5 Å². The Morgan fingerprint density at radius 2 is 2.11 bits per heavy atom. The molecular weight excluding hydrogens is 222 g/mol. The zero-order chi connectivity index (χ0) is 13.4. The van der Waals surface area contributed by atoms with E-state index in [0.29, 0.717) is 5.92 Å². The van der Waals surface area contributed by atoms with E-state index in [4.69, 9.17) is 0 Å². The van der Waals surface area contributed by atoms with Crippen molar-refractivity contribution in [3.05, 3.63) is 35.4 Å². The maximum absolute atomic E-state index is 4.20. The largest absolute Gasteiger partial charge is 0.356 e. The highest BCUT2D eigenvalue weighted by molar-refractivity contribution is 5.79. The third kappa shape index (κ3) is 4.78. The van der Waals surface area contributed by atoms with Crippen molar-refractivity contribution in [1.29, 1.82) is 0 Å².